The molecule has 0 aliphatic carbocycles. The zero-order chi connectivity index (χ0) is 16.8. The Hall–Kier alpha value is -3.42. The van der Waals surface area contributed by atoms with Gasteiger partial charge >= 0.3 is 18.0 Å². The van der Waals surface area contributed by atoms with E-state index < -0.39 is 18.0 Å². The van der Waals surface area contributed by atoms with Crippen LogP contribution in [-0.2, 0) is 6.54 Å². The molecule has 118 valence electrons. The molecule has 0 fully saturated rings. The molecule has 1 aromatic heterocycles. The maximum atomic E-state index is 11.8. The van der Waals surface area contributed by atoms with Crippen LogP contribution in [0.4, 0.5) is 10.5 Å². The van der Waals surface area contributed by atoms with E-state index >= 15 is 0 Å². The molecule has 2 rings (SSSR count). The number of aromatic nitrogens is 1. The predicted molar refractivity (Wildman–Crippen MR) is 80.5 cm³/mol. The minimum absolute atomic E-state index is 0.00901. The number of carbonyl (C=O) groups excluding carboxylic acids is 1. The Morgan fingerprint density at radius 3 is 2.30 bits per heavy atom. The van der Waals surface area contributed by atoms with E-state index in [1.807, 2.05) is 0 Å². The summed E-state index contributed by atoms with van der Waals surface area (Å²) >= 11 is 0. The molecule has 0 aliphatic heterocycles. The van der Waals surface area contributed by atoms with Crippen molar-refractivity contribution in [2.75, 3.05) is 5.32 Å². The maximum absolute atomic E-state index is 11.8. The van der Waals surface area contributed by atoms with Gasteiger partial charge in [-0.05, 0) is 35.9 Å². The quantitative estimate of drug-likeness (QED) is 0.666. The highest BCUT2D eigenvalue weighted by molar-refractivity contribution is 6.02. The summed E-state index contributed by atoms with van der Waals surface area (Å²) in [4.78, 5) is 37.7. The third-order valence-electron chi connectivity index (χ3n) is 2.95. The number of pyridine rings is 1. The number of aromatic carboxylic acids is 2. The van der Waals surface area contributed by atoms with Crippen molar-refractivity contribution in [2.24, 2.45) is 0 Å². The summed E-state index contributed by atoms with van der Waals surface area (Å²) in [5, 5.41) is 23.0. The van der Waals surface area contributed by atoms with Gasteiger partial charge in [0.15, 0.2) is 0 Å². The fourth-order valence-electron chi connectivity index (χ4n) is 1.81. The highest BCUT2D eigenvalue weighted by Gasteiger charge is 2.15. The normalized spacial score (nSPS) is 9.91. The number of carboxylic acids is 2. The van der Waals surface area contributed by atoms with Crippen LogP contribution in [-0.4, -0.2) is 33.2 Å². The first-order chi connectivity index (χ1) is 11.0. The lowest BCUT2D eigenvalue weighted by atomic mass is 10.1. The molecule has 0 radical (unpaired) electrons. The van der Waals surface area contributed by atoms with E-state index in [0.29, 0.717) is 0 Å². The van der Waals surface area contributed by atoms with Crippen molar-refractivity contribution in [2.45, 2.75) is 6.54 Å². The molecule has 0 atom stereocenters. The molecule has 0 saturated heterocycles. The number of anilines is 1. The Kier molecular flexibility index (Phi) is 4.88. The van der Waals surface area contributed by atoms with Crippen molar-refractivity contribution in [3.8, 4) is 0 Å². The van der Waals surface area contributed by atoms with Gasteiger partial charge in [-0.15, -0.1) is 0 Å². The van der Waals surface area contributed by atoms with Crippen LogP contribution in [0, 0.1) is 0 Å². The molecular weight excluding hydrogens is 302 g/mol. The topological polar surface area (TPSA) is 129 Å². The first-order valence-electron chi connectivity index (χ1n) is 6.52. The number of urea groups is 1. The van der Waals surface area contributed by atoms with Crippen molar-refractivity contribution in [1.29, 1.82) is 0 Å². The van der Waals surface area contributed by atoms with E-state index in [1.165, 1.54) is 12.1 Å². The van der Waals surface area contributed by atoms with Gasteiger partial charge in [0, 0.05) is 18.9 Å². The Balaban J connectivity index is 2.08. The Bertz CT molecular complexity index is 746. The molecule has 1 aromatic carbocycles. The van der Waals surface area contributed by atoms with Crippen LogP contribution in [0.2, 0.25) is 0 Å². The second kappa shape index (κ2) is 7.03. The standard InChI is InChI=1S/C15H13N3O5/c19-13(20)10-1-2-12(11(7-10)14(21)22)18-15(23)17-8-9-3-5-16-6-4-9/h1-7H,8H2,(H,19,20)(H,21,22)(H2,17,18,23). The lowest BCUT2D eigenvalue weighted by Gasteiger charge is -2.10. The van der Waals surface area contributed by atoms with Gasteiger partial charge in [0.2, 0.25) is 0 Å². The van der Waals surface area contributed by atoms with Crippen LogP contribution < -0.4 is 10.6 Å². The number of carbonyl (C=O) groups is 3. The van der Waals surface area contributed by atoms with Crippen molar-refractivity contribution >= 4 is 23.7 Å². The third-order valence-corrected chi connectivity index (χ3v) is 2.95. The molecule has 4 N–H and O–H groups in total. The number of hydrogen-bond donors (Lipinski definition) is 4. The van der Waals surface area contributed by atoms with Crippen LogP contribution in [0.5, 0.6) is 0 Å². The van der Waals surface area contributed by atoms with Crippen molar-refractivity contribution < 1.29 is 24.6 Å². The van der Waals surface area contributed by atoms with E-state index in [1.54, 1.807) is 24.5 Å². The van der Waals surface area contributed by atoms with Gasteiger partial charge in [-0.3, -0.25) is 4.98 Å². The number of rotatable bonds is 5. The average molecular weight is 315 g/mol. The van der Waals surface area contributed by atoms with Crippen LogP contribution in [0.3, 0.4) is 0 Å². The number of nitrogens with zero attached hydrogens (tertiary/aromatic N) is 1. The van der Waals surface area contributed by atoms with Crippen molar-refractivity contribution in [3.63, 3.8) is 0 Å². The van der Waals surface area contributed by atoms with Gasteiger partial charge in [-0.25, -0.2) is 14.4 Å². The molecule has 0 bridgehead atoms. The van der Waals surface area contributed by atoms with Crippen LogP contribution in [0.25, 0.3) is 0 Å². The highest BCUT2D eigenvalue weighted by Crippen LogP contribution is 2.18. The fourth-order valence-corrected chi connectivity index (χ4v) is 1.81. The summed E-state index contributed by atoms with van der Waals surface area (Å²) in [5.74, 6) is -2.58. The van der Waals surface area contributed by atoms with Gasteiger partial charge in [0.25, 0.3) is 0 Å². The van der Waals surface area contributed by atoms with Gasteiger partial charge in [0.05, 0.1) is 16.8 Å². The first kappa shape index (κ1) is 16.0. The zero-order valence-corrected chi connectivity index (χ0v) is 11.8. The van der Waals surface area contributed by atoms with Crippen LogP contribution in [0.1, 0.15) is 26.3 Å². The number of nitrogens with one attached hydrogen (secondary N) is 2. The summed E-state index contributed by atoms with van der Waals surface area (Å²) in [6, 6.07) is 6.29. The van der Waals surface area contributed by atoms with E-state index in [9.17, 15) is 14.4 Å². The number of benzene rings is 1. The highest BCUT2D eigenvalue weighted by atomic mass is 16.4. The Morgan fingerprint density at radius 1 is 1.00 bits per heavy atom. The molecule has 2 amide bonds. The largest absolute Gasteiger partial charge is 0.478 e. The summed E-state index contributed by atoms with van der Waals surface area (Å²) in [6.07, 6.45) is 3.17. The molecule has 0 spiro atoms. The second-order valence-electron chi connectivity index (χ2n) is 4.53. The number of amides is 2. The molecule has 2 aromatic rings. The SMILES string of the molecule is O=C(NCc1ccncc1)Nc1ccc(C(=O)O)cc1C(=O)O. The van der Waals surface area contributed by atoms with Gasteiger partial charge in [-0.1, -0.05) is 0 Å². The lowest BCUT2D eigenvalue weighted by Crippen LogP contribution is -2.29. The van der Waals surface area contributed by atoms with E-state index in [4.69, 9.17) is 10.2 Å². The van der Waals surface area contributed by atoms with Gasteiger partial charge < -0.3 is 20.8 Å². The van der Waals surface area contributed by atoms with Crippen LogP contribution >= 0.6 is 0 Å². The third kappa shape index (κ3) is 4.27. The summed E-state index contributed by atoms with van der Waals surface area (Å²) in [6.45, 7) is 0.240. The fraction of sp³-hybridized carbons (Fsp3) is 0.0667. The molecule has 8 heteroatoms. The van der Waals surface area contributed by atoms with Gasteiger partial charge in [-0.2, -0.15) is 0 Å². The van der Waals surface area contributed by atoms with Crippen molar-refractivity contribution in [3.05, 3.63) is 59.4 Å². The summed E-state index contributed by atoms with van der Waals surface area (Å²) in [7, 11) is 0. The zero-order valence-electron chi connectivity index (χ0n) is 11.8. The molecular formula is C15H13N3O5. The molecule has 1 heterocycles. The van der Waals surface area contributed by atoms with E-state index in [-0.39, 0.29) is 23.4 Å². The summed E-state index contributed by atoms with van der Waals surface area (Å²) < 4.78 is 0. The molecule has 0 unspecified atom stereocenters. The van der Waals surface area contributed by atoms with Crippen LogP contribution in [0.15, 0.2) is 42.7 Å². The molecule has 23 heavy (non-hydrogen) atoms. The summed E-state index contributed by atoms with van der Waals surface area (Å²) in [5.41, 5.74) is 0.360. The molecule has 8 nitrogen and oxygen atoms in total. The van der Waals surface area contributed by atoms with Crippen molar-refractivity contribution in [1.82, 2.24) is 10.3 Å². The van der Waals surface area contributed by atoms with E-state index in [2.05, 4.69) is 15.6 Å². The Morgan fingerprint density at radius 2 is 1.70 bits per heavy atom. The number of hydrogen-bond acceptors (Lipinski definition) is 4. The number of carboxylic acid groups (broad SMARTS) is 2. The molecule has 0 aliphatic rings. The Labute approximate surface area is 130 Å². The first-order valence-corrected chi connectivity index (χ1v) is 6.52. The smallest absolute Gasteiger partial charge is 0.337 e. The maximum Gasteiger partial charge on any atom is 0.337 e. The molecule has 0 saturated carbocycles. The monoisotopic (exact) mass is 315 g/mol. The second-order valence-corrected chi connectivity index (χ2v) is 4.53. The minimum atomic E-state index is -1.34. The lowest BCUT2D eigenvalue weighted by molar-refractivity contribution is 0.0696. The minimum Gasteiger partial charge on any atom is -0.478 e. The average Bonchev–Trinajstić information content (AvgIpc) is 2.54. The van der Waals surface area contributed by atoms with Gasteiger partial charge in [0.1, 0.15) is 0 Å². The predicted octanol–water partition coefficient (Wildman–Crippen LogP) is 1.80. The van der Waals surface area contributed by atoms with E-state index in [0.717, 1.165) is 11.6 Å².